The van der Waals surface area contributed by atoms with Crippen LogP contribution in [0.15, 0.2) is 0 Å². The molecule has 0 aliphatic carbocycles. The van der Waals surface area contributed by atoms with Crippen LogP contribution in [0.1, 0.15) is 31.0 Å². The Kier molecular flexibility index (Phi) is 1.88. The van der Waals surface area contributed by atoms with Gasteiger partial charge < -0.3 is 16.3 Å². The first kappa shape index (κ1) is 8.37. The van der Waals surface area contributed by atoms with Gasteiger partial charge in [0.2, 0.25) is 0 Å². The van der Waals surface area contributed by atoms with Crippen LogP contribution in [-0.4, -0.2) is 21.3 Å². The van der Waals surface area contributed by atoms with Gasteiger partial charge in [-0.15, -0.1) is 0 Å². The van der Waals surface area contributed by atoms with Crippen molar-refractivity contribution in [3.8, 4) is 0 Å². The van der Waals surface area contributed by atoms with Crippen molar-refractivity contribution in [1.82, 2.24) is 9.66 Å². The van der Waals surface area contributed by atoms with Crippen LogP contribution in [0.25, 0.3) is 0 Å². The summed E-state index contributed by atoms with van der Waals surface area (Å²) in [5.41, 5.74) is 0.963. The maximum Gasteiger partial charge on any atom is 0.157 e. The number of nitrogens with zero attached hydrogens (tertiary/aromatic N) is 2. The molecule has 0 radical (unpaired) electrons. The molecular weight excluding hydrogens is 168 g/mol. The number of nitrogen functional groups attached to an aromatic ring is 1. The Morgan fingerprint density at radius 3 is 3.08 bits per heavy atom. The lowest BCUT2D eigenvalue weighted by Crippen LogP contribution is -2.20. The summed E-state index contributed by atoms with van der Waals surface area (Å²) in [6.07, 6.45) is 1.40. The van der Waals surface area contributed by atoms with Crippen LogP contribution in [0, 0.1) is 0 Å². The van der Waals surface area contributed by atoms with Crippen LogP contribution in [0.3, 0.4) is 0 Å². The number of aliphatic hydroxyl groups is 1. The third-order valence-electron chi connectivity index (χ3n) is 2.27. The van der Waals surface area contributed by atoms with Gasteiger partial charge in [-0.05, 0) is 19.8 Å². The van der Waals surface area contributed by atoms with Gasteiger partial charge in [0.1, 0.15) is 11.9 Å². The summed E-state index contributed by atoms with van der Waals surface area (Å²) in [4.78, 5) is 4.28. The Morgan fingerprint density at radius 1 is 1.69 bits per heavy atom. The number of nitrogens with two attached hydrogens (primary N) is 1. The summed E-state index contributed by atoms with van der Waals surface area (Å²) in [6, 6.07) is 0. The van der Waals surface area contributed by atoms with E-state index in [1.807, 2.05) is 0 Å². The first-order valence-corrected chi connectivity index (χ1v) is 4.48. The van der Waals surface area contributed by atoms with Gasteiger partial charge in [0.15, 0.2) is 5.82 Å². The lowest BCUT2D eigenvalue weighted by molar-refractivity contribution is 0.186. The second-order valence-corrected chi connectivity index (χ2v) is 3.34. The molecule has 13 heavy (non-hydrogen) atoms. The Balaban J connectivity index is 2.44. The van der Waals surface area contributed by atoms with E-state index in [9.17, 15) is 5.11 Å². The average Bonchev–Trinajstić information content (AvgIpc) is 2.45. The van der Waals surface area contributed by atoms with E-state index < -0.39 is 6.10 Å². The van der Waals surface area contributed by atoms with Crippen LogP contribution < -0.4 is 11.2 Å². The van der Waals surface area contributed by atoms with Crippen LogP contribution in [0.5, 0.6) is 0 Å². The van der Waals surface area contributed by atoms with Crippen LogP contribution in [0.4, 0.5) is 5.82 Å². The number of aryl methyl sites for hydroxylation is 1. The third-order valence-corrected chi connectivity index (χ3v) is 2.27. The molecule has 5 heteroatoms. The number of aromatic nitrogens is 2. The molecule has 1 aliphatic heterocycles. The van der Waals surface area contributed by atoms with E-state index >= 15 is 0 Å². The molecule has 0 aromatic carbocycles. The highest BCUT2D eigenvalue weighted by Gasteiger charge is 2.20. The molecule has 1 atom stereocenters. The van der Waals surface area contributed by atoms with Crippen LogP contribution in [-0.2, 0) is 6.42 Å². The van der Waals surface area contributed by atoms with Gasteiger partial charge in [-0.3, -0.25) is 0 Å². The SMILES string of the molecule is CC(O)c1nc2c(n1N)NCCC2. The predicted octanol–water partition coefficient (Wildman–Crippen LogP) is 0.00830. The van der Waals surface area contributed by atoms with Crippen molar-refractivity contribution >= 4 is 5.82 Å². The number of rotatable bonds is 1. The van der Waals surface area contributed by atoms with E-state index in [1.54, 1.807) is 6.92 Å². The van der Waals surface area contributed by atoms with E-state index in [-0.39, 0.29) is 0 Å². The van der Waals surface area contributed by atoms with Gasteiger partial charge in [0.25, 0.3) is 0 Å². The number of aliphatic hydroxyl groups excluding tert-OH is 1. The molecule has 0 spiro atoms. The Labute approximate surface area is 76.5 Å². The highest BCUT2D eigenvalue weighted by atomic mass is 16.3. The molecule has 5 nitrogen and oxygen atoms in total. The fraction of sp³-hybridized carbons (Fsp3) is 0.625. The number of hydrogen-bond donors (Lipinski definition) is 3. The molecule has 1 aromatic rings. The minimum Gasteiger partial charge on any atom is -0.385 e. The highest BCUT2D eigenvalue weighted by molar-refractivity contribution is 5.46. The lowest BCUT2D eigenvalue weighted by Gasteiger charge is -2.13. The standard InChI is InChI=1S/C8H14N4O/c1-5(13)7-11-6-3-2-4-10-8(6)12(7)9/h5,10,13H,2-4,9H2,1H3. The van der Waals surface area contributed by atoms with Crippen molar-refractivity contribution < 1.29 is 5.11 Å². The lowest BCUT2D eigenvalue weighted by atomic mass is 10.2. The molecule has 0 saturated heterocycles. The molecule has 1 unspecified atom stereocenters. The van der Waals surface area contributed by atoms with Crippen LogP contribution in [0.2, 0.25) is 0 Å². The third kappa shape index (κ3) is 1.25. The Bertz CT molecular complexity index is 318. The Morgan fingerprint density at radius 2 is 2.46 bits per heavy atom. The number of hydrogen-bond acceptors (Lipinski definition) is 4. The fourth-order valence-corrected chi connectivity index (χ4v) is 1.62. The molecule has 1 aliphatic rings. The van der Waals surface area contributed by atoms with Gasteiger partial charge in [0, 0.05) is 6.54 Å². The van der Waals surface area contributed by atoms with Gasteiger partial charge >= 0.3 is 0 Å². The summed E-state index contributed by atoms with van der Waals surface area (Å²) < 4.78 is 1.44. The predicted molar refractivity (Wildman–Crippen MR) is 49.8 cm³/mol. The molecular formula is C8H14N4O. The first-order chi connectivity index (χ1) is 6.20. The van der Waals surface area contributed by atoms with E-state index in [1.165, 1.54) is 4.68 Å². The maximum absolute atomic E-state index is 9.36. The second-order valence-electron chi connectivity index (χ2n) is 3.34. The summed E-state index contributed by atoms with van der Waals surface area (Å²) in [5, 5.41) is 12.5. The molecule has 0 saturated carbocycles. The van der Waals surface area contributed by atoms with Crippen molar-refractivity contribution in [2.75, 3.05) is 17.7 Å². The van der Waals surface area contributed by atoms with Gasteiger partial charge in [0.05, 0.1) is 5.69 Å². The summed E-state index contributed by atoms with van der Waals surface area (Å²) in [5.74, 6) is 7.13. The largest absolute Gasteiger partial charge is 0.385 e. The average molecular weight is 182 g/mol. The molecule has 4 N–H and O–H groups in total. The van der Waals surface area contributed by atoms with E-state index in [2.05, 4.69) is 10.3 Å². The van der Waals surface area contributed by atoms with Crippen molar-refractivity contribution in [2.24, 2.45) is 0 Å². The Hall–Kier alpha value is -1.23. The van der Waals surface area contributed by atoms with Gasteiger partial charge in [-0.25, -0.2) is 9.66 Å². The quantitative estimate of drug-likeness (QED) is 0.535. The molecule has 72 valence electrons. The summed E-state index contributed by atoms with van der Waals surface area (Å²) in [6.45, 7) is 2.59. The van der Waals surface area contributed by atoms with E-state index in [0.717, 1.165) is 30.9 Å². The summed E-state index contributed by atoms with van der Waals surface area (Å²) in [7, 11) is 0. The van der Waals surface area contributed by atoms with E-state index in [0.29, 0.717) is 5.82 Å². The molecule has 2 heterocycles. The van der Waals surface area contributed by atoms with Crippen molar-refractivity contribution in [1.29, 1.82) is 0 Å². The number of anilines is 1. The molecule has 0 fully saturated rings. The first-order valence-electron chi connectivity index (χ1n) is 4.48. The number of imidazole rings is 1. The monoisotopic (exact) mass is 182 g/mol. The minimum atomic E-state index is -0.614. The topological polar surface area (TPSA) is 76.1 Å². The molecule has 1 aromatic heterocycles. The normalized spacial score (nSPS) is 17.7. The van der Waals surface area contributed by atoms with E-state index in [4.69, 9.17) is 5.84 Å². The molecule has 0 bridgehead atoms. The highest BCUT2D eigenvalue weighted by Crippen LogP contribution is 2.23. The smallest absolute Gasteiger partial charge is 0.157 e. The van der Waals surface area contributed by atoms with Crippen LogP contribution >= 0.6 is 0 Å². The van der Waals surface area contributed by atoms with Crippen molar-refractivity contribution in [3.63, 3.8) is 0 Å². The minimum absolute atomic E-state index is 0.527. The fourth-order valence-electron chi connectivity index (χ4n) is 1.62. The second kappa shape index (κ2) is 2.92. The maximum atomic E-state index is 9.36. The van der Waals surface area contributed by atoms with Gasteiger partial charge in [-0.2, -0.15) is 0 Å². The summed E-state index contributed by atoms with van der Waals surface area (Å²) >= 11 is 0. The zero-order valence-corrected chi connectivity index (χ0v) is 7.62. The molecule has 0 amide bonds. The zero-order valence-electron chi connectivity index (χ0n) is 7.62. The molecule has 2 rings (SSSR count). The number of nitrogens with one attached hydrogen (secondary N) is 1. The van der Waals surface area contributed by atoms with Crippen molar-refractivity contribution in [3.05, 3.63) is 11.5 Å². The number of fused-ring (bicyclic) bond motifs is 1. The van der Waals surface area contributed by atoms with Crippen molar-refractivity contribution in [2.45, 2.75) is 25.9 Å². The zero-order chi connectivity index (χ0) is 9.42. The van der Waals surface area contributed by atoms with Gasteiger partial charge in [-0.1, -0.05) is 0 Å².